The molecule has 2 atom stereocenters. The molecule has 24 heavy (non-hydrogen) atoms. The molecule has 1 N–H and O–H groups in total. The highest BCUT2D eigenvalue weighted by Crippen LogP contribution is 2.38. The van der Waals surface area contributed by atoms with Crippen molar-refractivity contribution in [1.82, 2.24) is 9.88 Å². The zero-order chi connectivity index (χ0) is 17.3. The summed E-state index contributed by atoms with van der Waals surface area (Å²) in [6.45, 7) is 0. The fraction of sp³-hybridized carbons (Fsp3) is 0.235. The smallest absolute Gasteiger partial charge is 0.230 e. The zero-order valence-corrected chi connectivity index (χ0v) is 15.2. The van der Waals surface area contributed by atoms with Crippen LogP contribution in [0, 0.1) is 5.92 Å². The van der Waals surface area contributed by atoms with Crippen LogP contribution in [0.15, 0.2) is 47.2 Å². The predicted octanol–water partition coefficient (Wildman–Crippen LogP) is 3.66. The molecule has 0 spiro atoms. The zero-order valence-electron chi connectivity index (χ0n) is 12.9. The van der Waals surface area contributed by atoms with Gasteiger partial charge in [-0.15, -0.1) is 0 Å². The number of aromatic nitrogens is 1. The van der Waals surface area contributed by atoms with Crippen LogP contribution in [0.5, 0.6) is 0 Å². The molecule has 7 heteroatoms. The van der Waals surface area contributed by atoms with Gasteiger partial charge in [0.2, 0.25) is 11.8 Å². The van der Waals surface area contributed by atoms with E-state index in [1.165, 1.54) is 0 Å². The molecule has 1 aromatic carbocycles. The van der Waals surface area contributed by atoms with Crippen LogP contribution in [0.2, 0.25) is 5.02 Å². The van der Waals surface area contributed by atoms with Crippen molar-refractivity contribution in [2.75, 3.05) is 12.4 Å². The van der Waals surface area contributed by atoms with E-state index in [1.54, 1.807) is 48.6 Å². The Labute approximate surface area is 153 Å². The molecule has 0 radical (unpaired) electrons. The number of halogens is 2. The van der Waals surface area contributed by atoms with Gasteiger partial charge in [-0.1, -0.05) is 33.6 Å². The highest BCUT2D eigenvalue weighted by molar-refractivity contribution is 9.10. The molecule has 5 nitrogen and oxygen atoms in total. The van der Waals surface area contributed by atoms with Gasteiger partial charge in [0, 0.05) is 30.3 Å². The fourth-order valence-electron chi connectivity index (χ4n) is 2.93. The molecule has 1 aliphatic rings. The average molecular weight is 409 g/mol. The van der Waals surface area contributed by atoms with E-state index in [1.807, 2.05) is 6.07 Å². The molecular weight excluding hydrogens is 394 g/mol. The topological polar surface area (TPSA) is 62.3 Å². The van der Waals surface area contributed by atoms with Crippen LogP contribution in [0.1, 0.15) is 18.0 Å². The van der Waals surface area contributed by atoms with Crippen LogP contribution in [-0.2, 0) is 9.59 Å². The molecule has 0 saturated carbocycles. The summed E-state index contributed by atoms with van der Waals surface area (Å²) in [5.74, 6) is -0.789. The van der Waals surface area contributed by atoms with Crippen LogP contribution >= 0.6 is 27.5 Å². The molecule has 2 heterocycles. The Hall–Kier alpha value is -1.92. The first-order chi connectivity index (χ1) is 11.5. The van der Waals surface area contributed by atoms with Gasteiger partial charge in [0.25, 0.3) is 0 Å². The molecule has 1 saturated heterocycles. The molecule has 124 valence electrons. The van der Waals surface area contributed by atoms with Gasteiger partial charge in [0.05, 0.1) is 22.7 Å². The number of rotatable bonds is 3. The third-order valence-corrected chi connectivity index (χ3v) is 4.94. The number of carbonyl (C=O) groups is 2. The van der Waals surface area contributed by atoms with Crippen molar-refractivity contribution >= 4 is 45.0 Å². The molecule has 0 aliphatic carbocycles. The standard InChI is InChI=1S/C17H15BrClN3O2/c1-22-15(23)8-12(16(22)10-3-2-6-20-9-10)17(24)21-14-5-4-11(18)7-13(14)19/h2-7,9,12,16H,8H2,1H3,(H,21,24). The Bertz CT molecular complexity index is 785. The summed E-state index contributed by atoms with van der Waals surface area (Å²) >= 11 is 9.49. The molecule has 1 fully saturated rings. The number of amides is 2. The minimum Gasteiger partial charge on any atom is -0.338 e. The number of anilines is 1. The Morgan fingerprint density at radius 2 is 2.21 bits per heavy atom. The van der Waals surface area contributed by atoms with Crippen molar-refractivity contribution < 1.29 is 9.59 Å². The first kappa shape index (κ1) is 16.9. The molecule has 1 aliphatic heterocycles. The van der Waals surface area contributed by atoms with Crippen molar-refractivity contribution in [3.8, 4) is 0 Å². The third kappa shape index (κ3) is 3.30. The summed E-state index contributed by atoms with van der Waals surface area (Å²) < 4.78 is 0.828. The summed E-state index contributed by atoms with van der Waals surface area (Å²) in [6.07, 6.45) is 3.51. The van der Waals surface area contributed by atoms with Crippen LogP contribution < -0.4 is 5.32 Å². The van der Waals surface area contributed by atoms with Gasteiger partial charge in [0.15, 0.2) is 0 Å². The van der Waals surface area contributed by atoms with Gasteiger partial charge in [-0.25, -0.2) is 0 Å². The van der Waals surface area contributed by atoms with Crippen LogP contribution in [0.25, 0.3) is 0 Å². The Morgan fingerprint density at radius 3 is 2.88 bits per heavy atom. The number of nitrogens with zero attached hydrogens (tertiary/aromatic N) is 2. The molecule has 0 bridgehead atoms. The van der Waals surface area contributed by atoms with E-state index >= 15 is 0 Å². The highest BCUT2D eigenvalue weighted by Gasteiger charge is 2.42. The summed E-state index contributed by atoms with van der Waals surface area (Å²) in [4.78, 5) is 30.6. The predicted molar refractivity (Wildman–Crippen MR) is 95.6 cm³/mol. The van der Waals surface area contributed by atoms with Crippen molar-refractivity contribution in [2.45, 2.75) is 12.5 Å². The number of hydrogen-bond acceptors (Lipinski definition) is 3. The van der Waals surface area contributed by atoms with Crippen molar-refractivity contribution in [3.63, 3.8) is 0 Å². The molecule has 1 aromatic heterocycles. The SMILES string of the molecule is CN1C(=O)CC(C(=O)Nc2ccc(Br)cc2Cl)C1c1cccnc1. The van der Waals surface area contributed by atoms with Gasteiger partial charge in [-0.05, 0) is 29.8 Å². The van der Waals surface area contributed by atoms with E-state index in [4.69, 9.17) is 11.6 Å². The molecule has 2 amide bonds. The first-order valence-corrected chi connectivity index (χ1v) is 8.56. The second-order valence-electron chi connectivity index (χ2n) is 5.66. The van der Waals surface area contributed by atoms with E-state index in [-0.39, 0.29) is 24.3 Å². The first-order valence-electron chi connectivity index (χ1n) is 7.39. The lowest BCUT2D eigenvalue weighted by Gasteiger charge is -2.24. The summed E-state index contributed by atoms with van der Waals surface area (Å²) in [7, 11) is 1.71. The summed E-state index contributed by atoms with van der Waals surface area (Å²) in [5, 5.41) is 3.27. The minimum absolute atomic E-state index is 0.0640. The lowest BCUT2D eigenvalue weighted by molar-refractivity contribution is -0.127. The number of likely N-dealkylation sites (tertiary alicyclic amines) is 1. The van der Waals surface area contributed by atoms with E-state index in [0.717, 1.165) is 10.0 Å². The second kappa shape index (κ2) is 6.91. The minimum atomic E-state index is -0.494. The third-order valence-electron chi connectivity index (χ3n) is 4.14. The number of carbonyl (C=O) groups excluding carboxylic acids is 2. The fourth-order valence-corrected chi connectivity index (χ4v) is 3.65. The van der Waals surface area contributed by atoms with Crippen LogP contribution in [-0.4, -0.2) is 28.7 Å². The average Bonchev–Trinajstić information content (AvgIpc) is 2.86. The highest BCUT2D eigenvalue weighted by atomic mass is 79.9. The van der Waals surface area contributed by atoms with Gasteiger partial charge in [-0.3, -0.25) is 14.6 Å². The van der Waals surface area contributed by atoms with Gasteiger partial charge < -0.3 is 10.2 Å². The van der Waals surface area contributed by atoms with Crippen LogP contribution in [0.3, 0.4) is 0 Å². The molecular formula is C17H15BrClN3O2. The van der Waals surface area contributed by atoms with Gasteiger partial charge in [0.1, 0.15) is 0 Å². The van der Waals surface area contributed by atoms with Gasteiger partial charge >= 0.3 is 0 Å². The second-order valence-corrected chi connectivity index (χ2v) is 6.98. The Morgan fingerprint density at radius 1 is 1.42 bits per heavy atom. The van der Waals surface area contributed by atoms with Crippen molar-refractivity contribution in [3.05, 3.63) is 57.8 Å². The Balaban J connectivity index is 1.86. The quantitative estimate of drug-likeness (QED) is 0.843. The van der Waals surface area contributed by atoms with Crippen molar-refractivity contribution in [1.29, 1.82) is 0 Å². The normalized spacial score (nSPS) is 20.3. The monoisotopic (exact) mass is 407 g/mol. The van der Waals surface area contributed by atoms with E-state index in [9.17, 15) is 9.59 Å². The van der Waals surface area contributed by atoms with Gasteiger partial charge in [-0.2, -0.15) is 0 Å². The number of hydrogen-bond donors (Lipinski definition) is 1. The molecule has 3 rings (SSSR count). The maximum Gasteiger partial charge on any atom is 0.230 e. The Kier molecular flexibility index (Phi) is 4.87. The van der Waals surface area contributed by atoms with Crippen molar-refractivity contribution in [2.24, 2.45) is 5.92 Å². The molecule has 2 aromatic rings. The number of nitrogens with one attached hydrogen (secondary N) is 1. The lowest BCUT2D eigenvalue weighted by atomic mass is 9.94. The lowest BCUT2D eigenvalue weighted by Crippen LogP contribution is -2.30. The number of pyridine rings is 1. The number of benzene rings is 1. The van der Waals surface area contributed by atoms with E-state index < -0.39 is 5.92 Å². The maximum atomic E-state index is 12.7. The van der Waals surface area contributed by atoms with E-state index in [2.05, 4.69) is 26.2 Å². The van der Waals surface area contributed by atoms with Crippen LogP contribution in [0.4, 0.5) is 5.69 Å². The summed E-state index contributed by atoms with van der Waals surface area (Å²) in [6, 6.07) is 8.57. The maximum absolute atomic E-state index is 12.7. The van der Waals surface area contributed by atoms with E-state index in [0.29, 0.717) is 10.7 Å². The summed E-state index contributed by atoms with van der Waals surface area (Å²) in [5.41, 5.74) is 1.37. The molecule has 2 unspecified atom stereocenters. The largest absolute Gasteiger partial charge is 0.338 e.